The lowest BCUT2D eigenvalue weighted by molar-refractivity contribution is 0.152. The van der Waals surface area contributed by atoms with Crippen LogP contribution in [0.4, 0.5) is 0 Å². The van der Waals surface area contributed by atoms with E-state index in [0.717, 1.165) is 26.2 Å². The first-order valence-corrected chi connectivity index (χ1v) is 4.58. The molecule has 1 aliphatic rings. The van der Waals surface area contributed by atoms with Crippen LogP contribution in [0.3, 0.4) is 0 Å². The third kappa shape index (κ3) is 3.09. The summed E-state index contributed by atoms with van der Waals surface area (Å²) in [6, 6.07) is 0.276. The molecule has 1 radical (unpaired) electrons. The van der Waals surface area contributed by atoms with Gasteiger partial charge in [-0.2, -0.15) is 0 Å². The maximum absolute atomic E-state index is 8.95. The van der Waals surface area contributed by atoms with Gasteiger partial charge in [0.1, 0.15) is 0 Å². The van der Waals surface area contributed by atoms with Gasteiger partial charge in [0.15, 0.2) is 0 Å². The van der Waals surface area contributed by atoms with Gasteiger partial charge < -0.3 is 10.4 Å². The summed E-state index contributed by atoms with van der Waals surface area (Å²) in [5.41, 5.74) is 0. The van der Waals surface area contributed by atoms with E-state index in [9.17, 15) is 0 Å². The lowest BCUT2D eigenvalue weighted by Gasteiger charge is -2.33. The van der Waals surface area contributed by atoms with Gasteiger partial charge in [0.05, 0.1) is 6.61 Å². The number of aliphatic hydroxyl groups is 1. The van der Waals surface area contributed by atoms with E-state index in [1.54, 1.807) is 0 Å². The van der Waals surface area contributed by atoms with Gasteiger partial charge in [-0.3, -0.25) is 4.90 Å². The van der Waals surface area contributed by atoms with Crippen LogP contribution in [-0.2, 0) is 0 Å². The molecule has 1 fully saturated rings. The Morgan fingerprint density at radius 3 is 2.92 bits per heavy atom. The Balaban J connectivity index is 2.25. The van der Waals surface area contributed by atoms with Crippen molar-refractivity contribution >= 4 is 0 Å². The predicted octanol–water partition coefficient (Wildman–Crippen LogP) is -0.133. The molecule has 2 N–H and O–H groups in total. The topological polar surface area (TPSA) is 35.5 Å². The van der Waals surface area contributed by atoms with Gasteiger partial charge in [0.2, 0.25) is 0 Å². The summed E-state index contributed by atoms with van der Waals surface area (Å²) in [6.45, 7) is 8.69. The number of nitrogens with one attached hydrogen (secondary N) is 1. The molecule has 1 rings (SSSR count). The minimum Gasteiger partial charge on any atom is -0.395 e. The molecule has 1 heterocycles. The van der Waals surface area contributed by atoms with Crippen molar-refractivity contribution in [1.29, 1.82) is 0 Å². The van der Waals surface area contributed by atoms with Gasteiger partial charge in [-0.1, -0.05) is 13.8 Å². The van der Waals surface area contributed by atoms with E-state index in [1.165, 1.54) is 5.92 Å². The minimum absolute atomic E-state index is 0.249. The van der Waals surface area contributed by atoms with Crippen LogP contribution in [0.25, 0.3) is 0 Å². The van der Waals surface area contributed by atoms with Crippen molar-refractivity contribution < 1.29 is 5.11 Å². The van der Waals surface area contributed by atoms with Crippen LogP contribution in [0.15, 0.2) is 0 Å². The molecule has 3 nitrogen and oxygen atoms in total. The number of nitrogens with zero attached hydrogens (tertiary/aromatic N) is 1. The zero-order valence-corrected chi connectivity index (χ0v) is 8.01. The molecule has 12 heavy (non-hydrogen) atoms. The molecule has 71 valence electrons. The molecule has 1 aliphatic heterocycles. The van der Waals surface area contributed by atoms with Crippen LogP contribution in [-0.4, -0.2) is 48.8 Å². The van der Waals surface area contributed by atoms with Crippen LogP contribution in [0.1, 0.15) is 13.8 Å². The quantitative estimate of drug-likeness (QED) is 0.621. The summed E-state index contributed by atoms with van der Waals surface area (Å²) < 4.78 is 0. The van der Waals surface area contributed by atoms with Crippen LogP contribution in [0.2, 0.25) is 0 Å². The van der Waals surface area contributed by atoms with Crippen molar-refractivity contribution in [2.24, 2.45) is 0 Å². The lowest BCUT2D eigenvalue weighted by Crippen LogP contribution is -2.52. The van der Waals surface area contributed by atoms with Gasteiger partial charge in [-0.05, 0) is 5.92 Å². The smallest absolute Gasteiger partial charge is 0.0597 e. The molecule has 0 saturated carbocycles. The number of aliphatic hydroxyl groups excluding tert-OH is 1. The zero-order chi connectivity index (χ0) is 8.97. The van der Waals surface area contributed by atoms with Crippen molar-refractivity contribution in [2.45, 2.75) is 19.9 Å². The van der Waals surface area contributed by atoms with E-state index in [2.05, 4.69) is 24.1 Å². The number of hydrogen-bond donors (Lipinski definition) is 2. The second-order valence-electron chi connectivity index (χ2n) is 3.78. The molecule has 1 unspecified atom stereocenters. The van der Waals surface area contributed by atoms with E-state index in [-0.39, 0.29) is 12.6 Å². The second kappa shape index (κ2) is 4.80. The molecule has 0 spiro atoms. The van der Waals surface area contributed by atoms with Crippen molar-refractivity contribution in [3.05, 3.63) is 5.92 Å². The van der Waals surface area contributed by atoms with Crippen molar-refractivity contribution in [1.82, 2.24) is 10.2 Å². The normalized spacial score (nSPS) is 26.5. The molecular formula is C9H19N2O. The van der Waals surface area contributed by atoms with Gasteiger partial charge >= 0.3 is 0 Å². The molecule has 0 aromatic carbocycles. The van der Waals surface area contributed by atoms with E-state index in [0.29, 0.717) is 0 Å². The molecule has 0 aromatic rings. The largest absolute Gasteiger partial charge is 0.395 e. The first-order valence-electron chi connectivity index (χ1n) is 4.58. The minimum atomic E-state index is 0.249. The highest BCUT2D eigenvalue weighted by molar-refractivity contribution is 4.86. The summed E-state index contributed by atoms with van der Waals surface area (Å²) >= 11 is 0. The lowest BCUT2D eigenvalue weighted by atomic mass is 10.1. The SMILES string of the molecule is C[C](C)CN1CCNC(CO)C1. The molecule has 0 bridgehead atoms. The molecule has 1 saturated heterocycles. The average Bonchev–Trinajstić information content (AvgIpc) is 2.03. The summed E-state index contributed by atoms with van der Waals surface area (Å²) in [5.74, 6) is 1.44. The fourth-order valence-corrected chi connectivity index (χ4v) is 1.61. The number of rotatable bonds is 3. The number of piperazine rings is 1. The monoisotopic (exact) mass is 171 g/mol. The Hall–Kier alpha value is -0.120. The van der Waals surface area contributed by atoms with Crippen LogP contribution < -0.4 is 5.32 Å². The Labute approximate surface area is 74.8 Å². The first-order chi connectivity index (χ1) is 5.72. The van der Waals surface area contributed by atoms with E-state index >= 15 is 0 Å². The van der Waals surface area contributed by atoms with Crippen molar-refractivity contribution in [2.75, 3.05) is 32.8 Å². The third-order valence-corrected chi connectivity index (χ3v) is 2.10. The van der Waals surface area contributed by atoms with Crippen molar-refractivity contribution in [3.8, 4) is 0 Å². The maximum Gasteiger partial charge on any atom is 0.0597 e. The van der Waals surface area contributed by atoms with Gasteiger partial charge in [0.25, 0.3) is 0 Å². The Bertz CT molecular complexity index is 128. The number of hydrogen-bond acceptors (Lipinski definition) is 3. The van der Waals surface area contributed by atoms with E-state index < -0.39 is 0 Å². The standard InChI is InChI=1S/C9H19N2O/c1-8(2)5-11-4-3-10-9(6-11)7-12/h9-10,12H,3-7H2,1-2H3. The van der Waals surface area contributed by atoms with E-state index in [4.69, 9.17) is 5.11 Å². The molecular weight excluding hydrogens is 152 g/mol. The molecule has 0 amide bonds. The van der Waals surface area contributed by atoms with Crippen LogP contribution >= 0.6 is 0 Å². The predicted molar refractivity (Wildman–Crippen MR) is 49.9 cm³/mol. The molecule has 0 aliphatic carbocycles. The zero-order valence-electron chi connectivity index (χ0n) is 8.01. The van der Waals surface area contributed by atoms with Crippen LogP contribution in [0.5, 0.6) is 0 Å². The van der Waals surface area contributed by atoms with Gasteiger partial charge in [-0.25, -0.2) is 0 Å². The van der Waals surface area contributed by atoms with E-state index in [1.807, 2.05) is 0 Å². The highest BCUT2D eigenvalue weighted by Gasteiger charge is 2.18. The van der Waals surface area contributed by atoms with Crippen molar-refractivity contribution in [3.63, 3.8) is 0 Å². The van der Waals surface area contributed by atoms with Gasteiger partial charge in [0, 0.05) is 32.2 Å². The summed E-state index contributed by atoms with van der Waals surface area (Å²) in [4.78, 5) is 2.38. The maximum atomic E-state index is 8.95. The highest BCUT2D eigenvalue weighted by Crippen LogP contribution is 2.04. The first kappa shape index (κ1) is 9.96. The fourth-order valence-electron chi connectivity index (χ4n) is 1.61. The summed E-state index contributed by atoms with van der Waals surface area (Å²) in [5, 5.41) is 12.2. The van der Waals surface area contributed by atoms with Crippen LogP contribution in [0, 0.1) is 5.92 Å². The molecule has 0 aromatic heterocycles. The molecule has 3 heteroatoms. The third-order valence-electron chi connectivity index (χ3n) is 2.10. The highest BCUT2D eigenvalue weighted by atomic mass is 16.3. The average molecular weight is 171 g/mol. The Kier molecular flexibility index (Phi) is 3.98. The summed E-state index contributed by atoms with van der Waals surface area (Å²) in [6.07, 6.45) is 0. The fraction of sp³-hybridized carbons (Fsp3) is 0.889. The molecule has 1 atom stereocenters. The Morgan fingerprint density at radius 1 is 1.58 bits per heavy atom. The Morgan fingerprint density at radius 2 is 2.33 bits per heavy atom. The second-order valence-corrected chi connectivity index (χ2v) is 3.78. The summed E-state index contributed by atoms with van der Waals surface area (Å²) in [7, 11) is 0. The van der Waals surface area contributed by atoms with Gasteiger partial charge in [-0.15, -0.1) is 0 Å².